The van der Waals surface area contributed by atoms with Gasteiger partial charge in [-0.2, -0.15) is 0 Å². The van der Waals surface area contributed by atoms with Gasteiger partial charge in [0.2, 0.25) is 0 Å². The van der Waals surface area contributed by atoms with Crippen LogP contribution in [0.15, 0.2) is 12.1 Å². The largest absolute Gasteiger partial charge is 0.349 e. The van der Waals surface area contributed by atoms with Crippen LogP contribution in [0.3, 0.4) is 0 Å². The Morgan fingerprint density at radius 3 is 2.79 bits per heavy atom. The molecule has 1 aromatic carbocycles. The second-order valence-electron chi connectivity index (χ2n) is 4.19. The summed E-state index contributed by atoms with van der Waals surface area (Å²) < 4.78 is 0. The van der Waals surface area contributed by atoms with Crippen molar-refractivity contribution in [1.82, 2.24) is 5.32 Å². The van der Waals surface area contributed by atoms with Gasteiger partial charge in [0.15, 0.2) is 0 Å². The van der Waals surface area contributed by atoms with Gasteiger partial charge in [0, 0.05) is 11.6 Å². The molecule has 1 aliphatic rings. The summed E-state index contributed by atoms with van der Waals surface area (Å²) in [5.41, 5.74) is 4.47. The number of benzene rings is 1. The van der Waals surface area contributed by atoms with Crippen molar-refractivity contribution in [2.75, 3.05) is 0 Å². The van der Waals surface area contributed by atoms with Crippen molar-refractivity contribution in [3.8, 4) is 0 Å². The van der Waals surface area contributed by atoms with E-state index in [1.165, 1.54) is 11.1 Å². The van der Waals surface area contributed by atoms with Gasteiger partial charge < -0.3 is 5.32 Å². The second-order valence-corrected chi connectivity index (χ2v) is 4.19. The maximum atomic E-state index is 11.7. The lowest BCUT2D eigenvalue weighted by molar-refractivity contribution is 0.0929. The Morgan fingerprint density at radius 1 is 1.36 bits per heavy atom. The Bertz CT molecular complexity index is 396. The lowest BCUT2D eigenvalue weighted by Crippen LogP contribution is -2.39. The van der Waals surface area contributed by atoms with Crippen molar-refractivity contribution >= 4 is 5.91 Å². The van der Waals surface area contributed by atoms with Crippen LogP contribution in [0.5, 0.6) is 0 Å². The Morgan fingerprint density at radius 2 is 2.07 bits per heavy atom. The third-order valence-electron chi connectivity index (χ3n) is 2.75. The molecule has 74 valence electrons. The second kappa shape index (κ2) is 3.12. The fourth-order valence-electron chi connectivity index (χ4n) is 2.13. The first-order valence-corrected chi connectivity index (χ1v) is 4.99. The molecule has 1 atom stereocenters. The van der Waals surface area contributed by atoms with Crippen LogP contribution in [-0.2, 0) is 6.42 Å². The van der Waals surface area contributed by atoms with E-state index >= 15 is 0 Å². The topological polar surface area (TPSA) is 29.1 Å². The van der Waals surface area contributed by atoms with Crippen LogP contribution in [-0.4, -0.2) is 11.9 Å². The molecule has 0 saturated heterocycles. The fourth-order valence-corrected chi connectivity index (χ4v) is 2.13. The molecule has 1 aromatic rings. The maximum Gasteiger partial charge on any atom is 0.251 e. The minimum atomic E-state index is 0.0746. The zero-order valence-corrected chi connectivity index (χ0v) is 8.85. The zero-order chi connectivity index (χ0) is 10.3. The Kier molecular flexibility index (Phi) is 2.06. The molecule has 2 heteroatoms. The van der Waals surface area contributed by atoms with Gasteiger partial charge in [-0.3, -0.25) is 4.79 Å². The summed E-state index contributed by atoms with van der Waals surface area (Å²) in [5, 5.41) is 2.95. The summed E-state index contributed by atoms with van der Waals surface area (Å²) in [6, 6.07) is 4.38. The molecule has 1 amide bonds. The number of nitrogens with one attached hydrogen (secondary N) is 1. The minimum Gasteiger partial charge on any atom is -0.349 e. The van der Waals surface area contributed by atoms with Crippen LogP contribution in [0.1, 0.15) is 34.0 Å². The molecule has 0 radical (unpaired) electrons. The lowest BCUT2D eigenvalue weighted by Gasteiger charge is -2.24. The highest BCUT2D eigenvalue weighted by molar-refractivity contribution is 5.97. The first-order valence-electron chi connectivity index (χ1n) is 4.99. The van der Waals surface area contributed by atoms with Gasteiger partial charge in [-0.25, -0.2) is 0 Å². The first-order chi connectivity index (χ1) is 6.58. The van der Waals surface area contributed by atoms with Crippen molar-refractivity contribution in [3.05, 3.63) is 34.4 Å². The average molecular weight is 189 g/mol. The van der Waals surface area contributed by atoms with Gasteiger partial charge in [0.05, 0.1) is 0 Å². The van der Waals surface area contributed by atoms with E-state index in [4.69, 9.17) is 0 Å². The Labute approximate surface area is 84.3 Å². The molecule has 0 aromatic heterocycles. The summed E-state index contributed by atoms with van der Waals surface area (Å²) >= 11 is 0. The number of carbonyl (C=O) groups excluding carboxylic acids is 1. The van der Waals surface area contributed by atoms with Gasteiger partial charge in [-0.1, -0.05) is 11.6 Å². The molecule has 0 aliphatic carbocycles. The monoisotopic (exact) mass is 189 g/mol. The standard InChI is InChI=1S/C12H15NO/c1-7-4-8(2)10-6-9(3)13-12(14)11(10)5-7/h4-5,9H,6H2,1-3H3,(H,13,14). The number of carbonyl (C=O) groups is 1. The van der Waals surface area contributed by atoms with E-state index in [-0.39, 0.29) is 11.9 Å². The molecule has 2 rings (SSSR count). The van der Waals surface area contributed by atoms with Gasteiger partial charge in [0.25, 0.3) is 5.91 Å². The van der Waals surface area contributed by atoms with Gasteiger partial charge in [0.1, 0.15) is 0 Å². The summed E-state index contributed by atoms with van der Waals surface area (Å²) in [6.45, 7) is 6.15. The van der Waals surface area contributed by atoms with Crippen molar-refractivity contribution < 1.29 is 4.79 Å². The molecule has 1 heterocycles. The van der Waals surface area contributed by atoms with Crippen LogP contribution >= 0.6 is 0 Å². The summed E-state index contributed by atoms with van der Waals surface area (Å²) in [5.74, 6) is 0.0746. The van der Waals surface area contributed by atoms with E-state index < -0.39 is 0 Å². The van der Waals surface area contributed by atoms with E-state index in [2.05, 4.69) is 18.3 Å². The lowest BCUT2D eigenvalue weighted by atomic mass is 9.90. The SMILES string of the molecule is Cc1cc(C)c2c(c1)C(=O)NC(C)C2. The van der Waals surface area contributed by atoms with Crippen molar-refractivity contribution in [2.24, 2.45) is 0 Å². The normalized spacial score (nSPS) is 20.2. The molecular weight excluding hydrogens is 174 g/mol. The number of fused-ring (bicyclic) bond motifs is 1. The maximum absolute atomic E-state index is 11.7. The third-order valence-corrected chi connectivity index (χ3v) is 2.75. The minimum absolute atomic E-state index is 0.0746. The highest BCUT2D eigenvalue weighted by Gasteiger charge is 2.22. The molecule has 2 nitrogen and oxygen atoms in total. The number of aryl methyl sites for hydroxylation is 2. The molecule has 1 N–H and O–H groups in total. The predicted molar refractivity (Wildman–Crippen MR) is 56.5 cm³/mol. The molecule has 1 unspecified atom stereocenters. The Balaban J connectivity index is 2.59. The first kappa shape index (κ1) is 9.25. The summed E-state index contributed by atoms with van der Waals surface area (Å²) in [6.07, 6.45) is 0.952. The average Bonchev–Trinajstić information content (AvgIpc) is 2.07. The summed E-state index contributed by atoms with van der Waals surface area (Å²) in [4.78, 5) is 11.7. The van der Waals surface area contributed by atoms with Crippen LogP contribution in [0.4, 0.5) is 0 Å². The number of rotatable bonds is 0. The van der Waals surface area contributed by atoms with E-state index in [0.29, 0.717) is 0 Å². The van der Waals surface area contributed by atoms with Gasteiger partial charge in [-0.15, -0.1) is 0 Å². The van der Waals surface area contributed by atoms with Gasteiger partial charge in [-0.05, 0) is 44.4 Å². The highest BCUT2D eigenvalue weighted by atomic mass is 16.1. The molecule has 0 fully saturated rings. The molecular formula is C12H15NO. The van der Waals surface area contributed by atoms with E-state index in [9.17, 15) is 4.79 Å². The fraction of sp³-hybridized carbons (Fsp3) is 0.417. The van der Waals surface area contributed by atoms with Crippen molar-refractivity contribution in [2.45, 2.75) is 33.2 Å². The van der Waals surface area contributed by atoms with E-state index in [1.54, 1.807) is 0 Å². The van der Waals surface area contributed by atoms with E-state index in [0.717, 1.165) is 17.5 Å². The van der Waals surface area contributed by atoms with Crippen LogP contribution in [0.25, 0.3) is 0 Å². The molecule has 1 aliphatic heterocycles. The zero-order valence-electron chi connectivity index (χ0n) is 8.85. The molecule has 0 spiro atoms. The molecule has 14 heavy (non-hydrogen) atoms. The number of hydrogen-bond acceptors (Lipinski definition) is 1. The quantitative estimate of drug-likeness (QED) is 0.664. The Hall–Kier alpha value is -1.31. The summed E-state index contributed by atoms with van der Waals surface area (Å²) in [7, 11) is 0. The number of amides is 1. The van der Waals surface area contributed by atoms with Crippen LogP contribution in [0.2, 0.25) is 0 Å². The van der Waals surface area contributed by atoms with E-state index in [1.807, 2.05) is 19.9 Å². The third kappa shape index (κ3) is 1.41. The van der Waals surface area contributed by atoms with Crippen LogP contribution in [0, 0.1) is 13.8 Å². The smallest absolute Gasteiger partial charge is 0.251 e. The predicted octanol–water partition coefficient (Wildman–Crippen LogP) is 1.98. The number of hydrogen-bond donors (Lipinski definition) is 1. The van der Waals surface area contributed by atoms with Gasteiger partial charge >= 0.3 is 0 Å². The highest BCUT2D eigenvalue weighted by Crippen LogP contribution is 2.22. The van der Waals surface area contributed by atoms with Crippen LogP contribution < -0.4 is 5.32 Å². The van der Waals surface area contributed by atoms with Crippen molar-refractivity contribution in [1.29, 1.82) is 0 Å². The molecule has 0 bridgehead atoms. The molecule has 0 saturated carbocycles. The van der Waals surface area contributed by atoms with Crippen molar-refractivity contribution in [3.63, 3.8) is 0 Å².